The molecule has 3 rings (SSSR count). The Kier molecular flexibility index (Phi) is 5.08. The van der Waals surface area contributed by atoms with E-state index in [9.17, 15) is 9.59 Å². The summed E-state index contributed by atoms with van der Waals surface area (Å²) < 4.78 is 4.94. The van der Waals surface area contributed by atoms with Crippen LogP contribution in [-0.4, -0.2) is 31.3 Å². The number of nitrogens with zero attached hydrogens (tertiary/aromatic N) is 3. The quantitative estimate of drug-likeness (QED) is 0.522. The number of anilines is 1. The number of rotatable bonds is 5. The second-order valence-electron chi connectivity index (χ2n) is 5.98. The first-order chi connectivity index (χ1) is 12.4. The minimum atomic E-state index is -0.446. The predicted octanol–water partition coefficient (Wildman–Crippen LogP) is 2.74. The Morgan fingerprint density at radius 3 is 2.73 bits per heavy atom. The Bertz CT molecular complexity index is 1030. The minimum absolute atomic E-state index is 0.234. The molecule has 0 aliphatic heterocycles. The van der Waals surface area contributed by atoms with Crippen molar-refractivity contribution in [1.82, 2.24) is 20.1 Å². The van der Waals surface area contributed by atoms with E-state index < -0.39 is 5.25 Å². The van der Waals surface area contributed by atoms with Crippen molar-refractivity contribution in [3.63, 3.8) is 0 Å². The lowest BCUT2D eigenvalue weighted by molar-refractivity contribution is -0.115. The van der Waals surface area contributed by atoms with Crippen molar-refractivity contribution in [3.8, 4) is 0 Å². The van der Waals surface area contributed by atoms with Gasteiger partial charge in [0.1, 0.15) is 5.76 Å². The molecule has 26 heavy (non-hydrogen) atoms. The molecule has 0 aliphatic carbocycles. The highest BCUT2D eigenvalue weighted by Crippen LogP contribution is 2.24. The van der Waals surface area contributed by atoms with Gasteiger partial charge in [0.2, 0.25) is 5.91 Å². The number of nitrogens with one attached hydrogen (secondary N) is 2. The maximum Gasteiger partial charge on any atom is 0.261 e. The van der Waals surface area contributed by atoms with Crippen molar-refractivity contribution < 1.29 is 9.32 Å². The summed E-state index contributed by atoms with van der Waals surface area (Å²) in [6.45, 7) is 7.33. The molecule has 8 nitrogen and oxygen atoms in total. The number of hydrogen-bond acceptors (Lipinski definition) is 7. The Labute approximate surface area is 153 Å². The smallest absolute Gasteiger partial charge is 0.261 e. The van der Waals surface area contributed by atoms with Crippen LogP contribution in [0.2, 0.25) is 0 Å². The molecule has 1 amide bonds. The van der Waals surface area contributed by atoms with Crippen molar-refractivity contribution >= 4 is 34.5 Å². The summed E-state index contributed by atoms with van der Waals surface area (Å²) >= 11 is 1.19. The SMILES string of the molecule is CCC(Sc1nc2nc(C)cc(C)c2c(=O)[nH]1)C(=O)Nc1cc(C)on1. The van der Waals surface area contributed by atoms with Gasteiger partial charge in [0.25, 0.3) is 5.56 Å². The zero-order valence-electron chi connectivity index (χ0n) is 14.9. The second-order valence-corrected chi connectivity index (χ2v) is 7.17. The molecule has 3 heterocycles. The van der Waals surface area contributed by atoms with Gasteiger partial charge < -0.3 is 14.8 Å². The molecule has 0 saturated heterocycles. The third kappa shape index (κ3) is 3.77. The highest BCUT2D eigenvalue weighted by atomic mass is 32.2. The molecule has 136 valence electrons. The van der Waals surface area contributed by atoms with E-state index in [1.807, 2.05) is 26.8 Å². The molecule has 0 bridgehead atoms. The minimum Gasteiger partial charge on any atom is -0.360 e. The molecule has 0 saturated carbocycles. The van der Waals surface area contributed by atoms with E-state index >= 15 is 0 Å². The Balaban J connectivity index is 1.86. The van der Waals surface area contributed by atoms with E-state index in [4.69, 9.17) is 4.52 Å². The lowest BCUT2D eigenvalue weighted by Crippen LogP contribution is -2.25. The van der Waals surface area contributed by atoms with Crippen molar-refractivity contribution in [1.29, 1.82) is 0 Å². The summed E-state index contributed by atoms with van der Waals surface area (Å²) in [7, 11) is 0. The average molecular weight is 373 g/mol. The van der Waals surface area contributed by atoms with Crippen molar-refractivity contribution in [2.75, 3.05) is 5.32 Å². The third-order valence-corrected chi connectivity index (χ3v) is 5.03. The summed E-state index contributed by atoms with van der Waals surface area (Å²) in [6, 6.07) is 3.48. The van der Waals surface area contributed by atoms with Crippen molar-refractivity contribution in [3.05, 3.63) is 39.5 Å². The summed E-state index contributed by atoms with van der Waals surface area (Å²) in [5, 5.41) is 6.84. The third-order valence-electron chi connectivity index (χ3n) is 3.78. The molecule has 3 aromatic rings. The van der Waals surface area contributed by atoms with Crippen LogP contribution in [0.15, 0.2) is 26.6 Å². The molecule has 0 spiro atoms. The molecular weight excluding hydrogens is 354 g/mol. The number of aromatic nitrogens is 4. The number of pyridine rings is 1. The summed E-state index contributed by atoms with van der Waals surface area (Å²) in [4.78, 5) is 36.4. The fourth-order valence-electron chi connectivity index (χ4n) is 2.61. The van der Waals surface area contributed by atoms with Gasteiger partial charge in [0, 0.05) is 11.8 Å². The molecule has 0 aromatic carbocycles. The fraction of sp³-hybridized carbons (Fsp3) is 0.353. The Morgan fingerprint density at radius 1 is 1.31 bits per heavy atom. The number of thioether (sulfide) groups is 1. The standard InChI is InChI=1S/C17H19N5O3S/c1-5-11(15(23)19-12-7-10(4)25-22-12)26-17-20-14-13(16(24)21-17)8(2)6-9(3)18-14/h6-7,11H,5H2,1-4H3,(H,19,22,23)(H,18,20,21,24). The predicted molar refractivity (Wildman–Crippen MR) is 99.4 cm³/mol. The van der Waals surface area contributed by atoms with Gasteiger partial charge in [-0.2, -0.15) is 0 Å². The normalized spacial score (nSPS) is 12.3. The Hall–Kier alpha value is -2.68. The highest BCUT2D eigenvalue weighted by Gasteiger charge is 2.21. The lowest BCUT2D eigenvalue weighted by atomic mass is 10.2. The maximum atomic E-state index is 12.5. The second kappa shape index (κ2) is 7.28. The van der Waals surface area contributed by atoms with E-state index in [1.54, 1.807) is 13.0 Å². The number of hydrogen-bond donors (Lipinski definition) is 2. The van der Waals surface area contributed by atoms with Crippen LogP contribution in [0.5, 0.6) is 0 Å². The molecule has 1 atom stereocenters. The van der Waals surface area contributed by atoms with Crippen molar-refractivity contribution in [2.45, 2.75) is 44.5 Å². The molecule has 0 radical (unpaired) electrons. The molecular formula is C17H19N5O3S. The van der Waals surface area contributed by atoms with Gasteiger partial charge in [0.15, 0.2) is 16.6 Å². The van der Waals surface area contributed by atoms with Crippen LogP contribution in [0.3, 0.4) is 0 Å². The van der Waals surface area contributed by atoms with E-state index in [0.29, 0.717) is 34.2 Å². The first-order valence-electron chi connectivity index (χ1n) is 8.16. The van der Waals surface area contributed by atoms with Gasteiger partial charge in [-0.1, -0.05) is 23.8 Å². The zero-order valence-corrected chi connectivity index (χ0v) is 15.7. The topological polar surface area (TPSA) is 114 Å². The molecule has 3 aromatic heterocycles. The number of carbonyl (C=O) groups is 1. The van der Waals surface area contributed by atoms with Crippen LogP contribution < -0.4 is 10.9 Å². The largest absolute Gasteiger partial charge is 0.360 e. The maximum absolute atomic E-state index is 12.5. The van der Waals surface area contributed by atoms with Gasteiger partial charge in [0.05, 0.1) is 10.6 Å². The fourth-order valence-corrected chi connectivity index (χ4v) is 3.50. The van der Waals surface area contributed by atoms with Gasteiger partial charge in [-0.25, -0.2) is 9.97 Å². The Morgan fingerprint density at radius 2 is 2.08 bits per heavy atom. The first-order valence-corrected chi connectivity index (χ1v) is 9.04. The first kappa shape index (κ1) is 18.1. The van der Waals surface area contributed by atoms with Gasteiger partial charge in [-0.3, -0.25) is 9.59 Å². The van der Waals surface area contributed by atoms with Crippen LogP contribution in [0.1, 0.15) is 30.4 Å². The van der Waals surface area contributed by atoms with Crippen LogP contribution >= 0.6 is 11.8 Å². The summed E-state index contributed by atoms with van der Waals surface area (Å²) in [5.74, 6) is 0.736. The number of H-pyrrole nitrogens is 1. The van der Waals surface area contributed by atoms with E-state index in [2.05, 4.69) is 25.4 Å². The lowest BCUT2D eigenvalue weighted by Gasteiger charge is -2.13. The van der Waals surface area contributed by atoms with Crippen LogP contribution in [0.4, 0.5) is 5.82 Å². The van der Waals surface area contributed by atoms with Gasteiger partial charge in [-0.15, -0.1) is 0 Å². The number of fused-ring (bicyclic) bond motifs is 1. The number of amides is 1. The van der Waals surface area contributed by atoms with E-state index in [1.165, 1.54) is 11.8 Å². The van der Waals surface area contributed by atoms with Gasteiger partial charge >= 0.3 is 0 Å². The summed E-state index contributed by atoms with van der Waals surface area (Å²) in [5.41, 5.74) is 1.74. The number of aryl methyl sites for hydroxylation is 3. The van der Waals surface area contributed by atoms with E-state index in [0.717, 1.165) is 11.3 Å². The van der Waals surface area contributed by atoms with Crippen LogP contribution in [-0.2, 0) is 4.79 Å². The molecule has 2 N–H and O–H groups in total. The molecule has 9 heteroatoms. The van der Waals surface area contributed by atoms with Gasteiger partial charge in [-0.05, 0) is 38.8 Å². The monoisotopic (exact) mass is 373 g/mol. The van der Waals surface area contributed by atoms with Crippen LogP contribution in [0.25, 0.3) is 11.0 Å². The van der Waals surface area contributed by atoms with E-state index in [-0.39, 0.29) is 11.5 Å². The molecule has 0 aliphatic rings. The molecule has 0 fully saturated rings. The summed E-state index contributed by atoms with van der Waals surface area (Å²) in [6.07, 6.45) is 0.551. The highest BCUT2D eigenvalue weighted by molar-refractivity contribution is 8.00. The zero-order chi connectivity index (χ0) is 18.8. The number of carbonyl (C=O) groups excluding carboxylic acids is 1. The average Bonchev–Trinajstić information content (AvgIpc) is 2.96. The number of aromatic amines is 1. The molecule has 1 unspecified atom stereocenters. The van der Waals surface area contributed by atoms with Crippen LogP contribution in [0, 0.1) is 20.8 Å². The van der Waals surface area contributed by atoms with Crippen molar-refractivity contribution in [2.24, 2.45) is 0 Å².